The molecule has 0 amide bonds. The van der Waals surface area contributed by atoms with Gasteiger partial charge < -0.3 is 20.7 Å². The molecular weight excluding hydrogens is 250 g/mol. The molecule has 0 spiro atoms. The van der Waals surface area contributed by atoms with Crippen molar-refractivity contribution >= 4 is 11.4 Å². The second kappa shape index (κ2) is 8.69. The van der Waals surface area contributed by atoms with Crippen molar-refractivity contribution in [2.45, 2.75) is 39.7 Å². The Morgan fingerprint density at radius 1 is 1.25 bits per heavy atom. The van der Waals surface area contributed by atoms with Gasteiger partial charge in [-0.2, -0.15) is 0 Å². The average molecular weight is 279 g/mol. The van der Waals surface area contributed by atoms with Gasteiger partial charge in [-0.05, 0) is 45.5 Å². The van der Waals surface area contributed by atoms with Crippen LogP contribution in [0.3, 0.4) is 0 Å². The van der Waals surface area contributed by atoms with Crippen LogP contribution in [0.1, 0.15) is 33.6 Å². The first-order valence-corrected chi connectivity index (χ1v) is 7.52. The summed E-state index contributed by atoms with van der Waals surface area (Å²) in [5, 5.41) is 3.49. The smallest absolute Gasteiger partial charge is 0.122 e. The SMILES string of the molecule is CCN(CC)CCCC(C)Nc1cc(N)cc(OC)c1. The minimum absolute atomic E-state index is 0.428. The average Bonchev–Trinajstić information content (AvgIpc) is 2.42. The monoisotopic (exact) mass is 279 g/mol. The molecule has 0 fully saturated rings. The fraction of sp³-hybridized carbons (Fsp3) is 0.625. The summed E-state index contributed by atoms with van der Waals surface area (Å²) < 4.78 is 5.23. The summed E-state index contributed by atoms with van der Waals surface area (Å²) >= 11 is 0. The van der Waals surface area contributed by atoms with Crippen LogP contribution >= 0.6 is 0 Å². The maximum Gasteiger partial charge on any atom is 0.122 e. The van der Waals surface area contributed by atoms with Gasteiger partial charge in [0.1, 0.15) is 5.75 Å². The molecule has 0 aromatic heterocycles. The minimum atomic E-state index is 0.428. The van der Waals surface area contributed by atoms with Crippen molar-refractivity contribution in [1.29, 1.82) is 0 Å². The highest BCUT2D eigenvalue weighted by molar-refractivity contribution is 5.59. The van der Waals surface area contributed by atoms with E-state index in [0.29, 0.717) is 6.04 Å². The Hall–Kier alpha value is -1.42. The molecule has 0 heterocycles. The van der Waals surface area contributed by atoms with Crippen molar-refractivity contribution in [1.82, 2.24) is 4.90 Å². The Morgan fingerprint density at radius 2 is 1.95 bits per heavy atom. The van der Waals surface area contributed by atoms with Crippen molar-refractivity contribution in [3.05, 3.63) is 18.2 Å². The third kappa shape index (κ3) is 5.70. The third-order valence-corrected chi connectivity index (χ3v) is 3.58. The van der Waals surface area contributed by atoms with Crippen molar-refractivity contribution in [3.8, 4) is 5.75 Å². The van der Waals surface area contributed by atoms with Crippen LogP contribution in [0.2, 0.25) is 0 Å². The Balaban J connectivity index is 2.42. The third-order valence-electron chi connectivity index (χ3n) is 3.58. The number of rotatable bonds is 9. The van der Waals surface area contributed by atoms with Crippen LogP contribution in [0.5, 0.6) is 5.75 Å². The zero-order valence-corrected chi connectivity index (χ0v) is 13.3. The highest BCUT2D eigenvalue weighted by Crippen LogP contribution is 2.23. The number of benzene rings is 1. The first kappa shape index (κ1) is 16.6. The lowest BCUT2D eigenvalue weighted by molar-refractivity contribution is 0.295. The number of nitrogens with two attached hydrogens (primary N) is 1. The zero-order chi connectivity index (χ0) is 15.0. The molecule has 0 aliphatic carbocycles. The molecular formula is C16H29N3O. The summed E-state index contributed by atoms with van der Waals surface area (Å²) in [4.78, 5) is 2.45. The minimum Gasteiger partial charge on any atom is -0.497 e. The van der Waals surface area contributed by atoms with E-state index in [1.807, 2.05) is 18.2 Å². The highest BCUT2D eigenvalue weighted by Gasteiger charge is 2.06. The fourth-order valence-corrected chi connectivity index (χ4v) is 2.34. The van der Waals surface area contributed by atoms with Crippen LogP contribution in [0.4, 0.5) is 11.4 Å². The Kier molecular flexibility index (Phi) is 7.23. The molecule has 3 N–H and O–H groups in total. The van der Waals surface area contributed by atoms with Gasteiger partial charge in [-0.1, -0.05) is 13.8 Å². The molecule has 1 aromatic rings. The van der Waals surface area contributed by atoms with Crippen LogP contribution in [0.25, 0.3) is 0 Å². The number of ether oxygens (including phenoxy) is 1. The lowest BCUT2D eigenvalue weighted by atomic mass is 10.1. The molecule has 0 radical (unpaired) electrons. The van der Waals surface area contributed by atoms with E-state index in [1.165, 1.54) is 13.0 Å². The summed E-state index contributed by atoms with van der Waals surface area (Å²) in [5.74, 6) is 0.794. The van der Waals surface area contributed by atoms with E-state index >= 15 is 0 Å². The maximum absolute atomic E-state index is 5.86. The summed E-state index contributed by atoms with van der Waals surface area (Å²) in [7, 11) is 1.66. The summed E-state index contributed by atoms with van der Waals surface area (Å²) in [5.41, 5.74) is 7.61. The van der Waals surface area contributed by atoms with Crippen LogP contribution in [-0.2, 0) is 0 Å². The van der Waals surface area contributed by atoms with Gasteiger partial charge in [-0.25, -0.2) is 0 Å². The number of methoxy groups -OCH3 is 1. The van der Waals surface area contributed by atoms with Crippen LogP contribution < -0.4 is 15.8 Å². The maximum atomic E-state index is 5.86. The van der Waals surface area contributed by atoms with E-state index in [9.17, 15) is 0 Å². The van der Waals surface area contributed by atoms with E-state index in [4.69, 9.17) is 10.5 Å². The standard InChI is InChI=1S/C16H29N3O/c1-5-19(6-2)9-7-8-13(3)18-15-10-14(17)11-16(12-15)20-4/h10-13,18H,5-9,17H2,1-4H3. The van der Waals surface area contributed by atoms with E-state index in [1.54, 1.807) is 7.11 Å². The topological polar surface area (TPSA) is 50.5 Å². The second-order valence-electron chi connectivity index (χ2n) is 5.21. The largest absolute Gasteiger partial charge is 0.497 e. The molecule has 0 bridgehead atoms. The van der Waals surface area contributed by atoms with Gasteiger partial charge in [-0.15, -0.1) is 0 Å². The van der Waals surface area contributed by atoms with Gasteiger partial charge in [0.05, 0.1) is 7.11 Å². The number of hydrogen-bond donors (Lipinski definition) is 2. The van der Waals surface area contributed by atoms with Gasteiger partial charge >= 0.3 is 0 Å². The molecule has 1 unspecified atom stereocenters. The normalized spacial score (nSPS) is 12.4. The lowest BCUT2D eigenvalue weighted by Crippen LogP contribution is -2.25. The van der Waals surface area contributed by atoms with E-state index in [2.05, 4.69) is 31.0 Å². The molecule has 0 aliphatic heterocycles. The molecule has 20 heavy (non-hydrogen) atoms. The summed E-state index contributed by atoms with van der Waals surface area (Å²) in [6, 6.07) is 6.19. The predicted molar refractivity (Wildman–Crippen MR) is 87.5 cm³/mol. The molecule has 1 rings (SSSR count). The van der Waals surface area contributed by atoms with Crippen LogP contribution in [-0.4, -0.2) is 37.7 Å². The Bertz CT molecular complexity index is 391. The predicted octanol–water partition coefficient (Wildman–Crippen LogP) is 3.20. The van der Waals surface area contributed by atoms with Crippen LogP contribution in [0.15, 0.2) is 18.2 Å². The molecule has 1 aromatic carbocycles. The molecule has 114 valence electrons. The first-order chi connectivity index (χ1) is 9.58. The van der Waals surface area contributed by atoms with Gasteiger partial charge in [-0.3, -0.25) is 0 Å². The van der Waals surface area contributed by atoms with Crippen molar-refractivity contribution in [2.75, 3.05) is 37.8 Å². The summed E-state index contributed by atoms with van der Waals surface area (Å²) in [6.45, 7) is 10.1. The molecule has 4 heteroatoms. The Labute approximate surface area is 123 Å². The van der Waals surface area contributed by atoms with E-state index in [-0.39, 0.29) is 0 Å². The van der Waals surface area contributed by atoms with Gasteiger partial charge in [0.2, 0.25) is 0 Å². The number of nitrogens with zero attached hydrogens (tertiary/aromatic N) is 1. The molecule has 1 atom stereocenters. The first-order valence-electron chi connectivity index (χ1n) is 7.52. The number of nitrogen functional groups attached to an aromatic ring is 1. The highest BCUT2D eigenvalue weighted by atomic mass is 16.5. The van der Waals surface area contributed by atoms with Crippen molar-refractivity contribution < 1.29 is 4.74 Å². The number of nitrogens with one attached hydrogen (secondary N) is 1. The van der Waals surface area contributed by atoms with Gasteiger partial charge in [0.15, 0.2) is 0 Å². The van der Waals surface area contributed by atoms with Crippen molar-refractivity contribution in [3.63, 3.8) is 0 Å². The van der Waals surface area contributed by atoms with E-state index in [0.717, 1.165) is 36.6 Å². The molecule has 4 nitrogen and oxygen atoms in total. The van der Waals surface area contributed by atoms with Crippen LogP contribution in [0, 0.1) is 0 Å². The summed E-state index contributed by atoms with van der Waals surface area (Å²) in [6.07, 6.45) is 2.35. The zero-order valence-electron chi connectivity index (χ0n) is 13.3. The second-order valence-corrected chi connectivity index (χ2v) is 5.21. The number of hydrogen-bond acceptors (Lipinski definition) is 4. The molecule has 0 saturated carbocycles. The quantitative estimate of drug-likeness (QED) is 0.682. The van der Waals surface area contributed by atoms with Crippen molar-refractivity contribution in [2.24, 2.45) is 0 Å². The van der Waals surface area contributed by atoms with Gasteiger partial charge in [0.25, 0.3) is 0 Å². The fourth-order valence-electron chi connectivity index (χ4n) is 2.34. The molecule has 0 aliphatic rings. The Morgan fingerprint density at radius 3 is 2.55 bits per heavy atom. The van der Waals surface area contributed by atoms with Gasteiger partial charge in [0, 0.05) is 29.5 Å². The number of anilines is 2. The molecule has 0 saturated heterocycles. The van der Waals surface area contributed by atoms with E-state index < -0.39 is 0 Å². The lowest BCUT2D eigenvalue weighted by Gasteiger charge is -2.20.